The maximum atomic E-state index is 13.1. The van der Waals surface area contributed by atoms with E-state index in [-0.39, 0.29) is 17.3 Å². The highest BCUT2D eigenvalue weighted by molar-refractivity contribution is 7.92. The lowest BCUT2D eigenvalue weighted by molar-refractivity contribution is -0.117. The van der Waals surface area contributed by atoms with Crippen LogP contribution in [-0.2, 0) is 21.4 Å². The molecule has 0 bridgehead atoms. The van der Waals surface area contributed by atoms with E-state index in [1.807, 2.05) is 17.0 Å². The summed E-state index contributed by atoms with van der Waals surface area (Å²) in [5.41, 5.74) is 2.39. The van der Waals surface area contributed by atoms with Gasteiger partial charge in [-0.1, -0.05) is 42.5 Å². The molecule has 1 amide bonds. The Morgan fingerprint density at radius 1 is 1.06 bits per heavy atom. The van der Waals surface area contributed by atoms with Gasteiger partial charge in [-0.3, -0.25) is 14.0 Å². The summed E-state index contributed by atoms with van der Waals surface area (Å²) in [5.74, 6) is -0.288. The minimum Gasteiger partial charge on any atom is -0.325 e. The molecule has 174 valence electrons. The van der Waals surface area contributed by atoms with Crippen LogP contribution in [0.15, 0.2) is 96.4 Å². The second-order valence-corrected chi connectivity index (χ2v) is 9.62. The molecule has 34 heavy (non-hydrogen) atoms. The van der Waals surface area contributed by atoms with Gasteiger partial charge < -0.3 is 5.32 Å². The van der Waals surface area contributed by atoms with Crippen molar-refractivity contribution in [2.24, 2.45) is 0 Å². The molecule has 0 saturated carbocycles. The van der Waals surface area contributed by atoms with Crippen LogP contribution in [0.25, 0.3) is 0 Å². The highest BCUT2D eigenvalue weighted by Crippen LogP contribution is 2.23. The van der Waals surface area contributed by atoms with Crippen LogP contribution in [0.2, 0.25) is 0 Å². The third-order valence-electron chi connectivity index (χ3n) is 5.11. The number of para-hydroxylation sites is 1. The van der Waals surface area contributed by atoms with E-state index in [4.69, 9.17) is 5.26 Å². The lowest BCUT2D eigenvalue weighted by Gasteiger charge is -2.21. The molecular weight excluding hydrogens is 448 g/mol. The van der Waals surface area contributed by atoms with E-state index in [9.17, 15) is 13.2 Å². The first-order valence-corrected chi connectivity index (χ1v) is 12.0. The number of carbonyl (C=O) groups excluding carboxylic acids is 1. The maximum absolute atomic E-state index is 13.1. The van der Waals surface area contributed by atoms with Crippen LogP contribution in [-0.4, -0.2) is 39.4 Å². The lowest BCUT2D eigenvalue weighted by Crippen LogP contribution is -2.33. The average molecular weight is 475 g/mol. The molecule has 3 aromatic rings. The van der Waals surface area contributed by atoms with Crippen molar-refractivity contribution >= 4 is 27.3 Å². The Morgan fingerprint density at radius 2 is 1.79 bits per heavy atom. The first-order valence-electron chi connectivity index (χ1n) is 10.6. The Morgan fingerprint density at radius 3 is 2.50 bits per heavy atom. The van der Waals surface area contributed by atoms with Gasteiger partial charge in [-0.25, -0.2) is 8.42 Å². The summed E-state index contributed by atoms with van der Waals surface area (Å²) in [6.45, 7) is 4.76. The summed E-state index contributed by atoms with van der Waals surface area (Å²) in [4.78, 5) is 14.7. The van der Waals surface area contributed by atoms with Crippen molar-refractivity contribution in [1.29, 1.82) is 5.26 Å². The molecule has 0 aliphatic heterocycles. The zero-order chi connectivity index (χ0) is 24.6. The highest BCUT2D eigenvalue weighted by atomic mass is 32.2. The molecule has 0 saturated heterocycles. The minimum absolute atomic E-state index is 0.0731. The van der Waals surface area contributed by atoms with Crippen molar-refractivity contribution < 1.29 is 13.2 Å². The number of carbonyl (C=O) groups is 1. The summed E-state index contributed by atoms with van der Waals surface area (Å²) >= 11 is 0. The number of amides is 1. The predicted molar refractivity (Wildman–Crippen MR) is 134 cm³/mol. The summed E-state index contributed by atoms with van der Waals surface area (Å²) in [6, 6.07) is 24.3. The Hall–Kier alpha value is -3.93. The van der Waals surface area contributed by atoms with Gasteiger partial charge in [-0.15, -0.1) is 6.58 Å². The summed E-state index contributed by atoms with van der Waals surface area (Å²) in [5, 5.41) is 11.9. The van der Waals surface area contributed by atoms with Crippen LogP contribution >= 0.6 is 0 Å². The Labute approximate surface area is 200 Å². The van der Waals surface area contributed by atoms with Crippen molar-refractivity contribution in [2.45, 2.75) is 11.4 Å². The Balaban J connectivity index is 1.71. The number of hydrogen-bond donors (Lipinski definition) is 1. The van der Waals surface area contributed by atoms with Gasteiger partial charge in [0, 0.05) is 25.8 Å². The number of rotatable bonds is 10. The van der Waals surface area contributed by atoms with Crippen LogP contribution in [0, 0.1) is 11.3 Å². The number of benzene rings is 3. The van der Waals surface area contributed by atoms with Gasteiger partial charge in [0.1, 0.15) is 0 Å². The molecule has 0 aromatic heterocycles. The number of nitriles is 1. The van der Waals surface area contributed by atoms with Crippen molar-refractivity contribution in [1.82, 2.24) is 4.90 Å². The Kier molecular flexibility index (Phi) is 8.19. The number of sulfonamides is 1. The molecule has 0 heterocycles. The molecule has 0 atom stereocenters. The molecule has 0 radical (unpaired) electrons. The maximum Gasteiger partial charge on any atom is 0.264 e. The monoisotopic (exact) mass is 474 g/mol. The zero-order valence-electron chi connectivity index (χ0n) is 18.9. The molecule has 1 N–H and O–H groups in total. The van der Waals surface area contributed by atoms with E-state index in [0.717, 1.165) is 5.56 Å². The summed E-state index contributed by atoms with van der Waals surface area (Å²) < 4.78 is 27.3. The molecule has 0 aliphatic rings. The van der Waals surface area contributed by atoms with Crippen molar-refractivity contribution in [2.75, 3.05) is 29.8 Å². The minimum atomic E-state index is -3.80. The van der Waals surface area contributed by atoms with Gasteiger partial charge >= 0.3 is 0 Å². The fraction of sp³-hybridized carbons (Fsp3) is 0.154. The van der Waals surface area contributed by atoms with E-state index in [0.29, 0.717) is 30.0 Å². The third-order valence-corrected chi connectivity index (χ3v) is 6.89. The smallest absolute Gasteiger partial charge is 0.264 e. The first-order chi connectivity index (χ1) is 16.3. The third kappa shape index (κ3) is 6.32. The SMILES string of the molecule is C=CCN(CC(=O)Nc1cccc(S(=O)(=O)N(C)c2ccccc2)c1)Cc1cccc(C#N)c1. The van der Waals surface area contributed by atoms with Gasteiger partial charge in [0.05, 0.1) is 28.8 Å². The van der Waals surface area contributed by atoms with E-state index in [1.165, 1.54) is 23.5 Å². The van der Waals surface area contributed by atoms with Crippen LogP contribution in [0.1, 0.15) is 11.1 Å². The van der Waals surface area contributed by atoms with Crippen molar-refractivity contribution in [3.63, 3.8) is 0 Å². The molecule has 3 rings (SSSR count). The van der Waals surface area contributed by atoms with Crippen LogP contribution in [0.4, 0.5) is 11.4 Å². The Bertz CT molecular complexity index is 1300. The van der Waals surface area contributed by atoms with E-state index >= 15 is 0 Å². The highest BCUT2D eigenvalue weighted by Gasteiger charge is 2.22. The van der Waals surface area contributed by atoms with Crippen LogP contribution in [0.3, 0.4) is 0 Å². The first kappa shape index (κ1) is 24.7. The molecule has 0 aliphatic carbocycles. The quantitative estimate of drug-likeness (QED) is 0.448. The molecule has 0 unspecified atom stereocenters. The molecular formula is C26H26N4O3S. The van der Waals surface area contributed by atoms with Gasteiger partial charge in [-0.2, -0.15) is 5.26 Å². The normalized spacial score (nSPS) is 11.0. The van der Waals surface area contributed by atoms with Gasteiger partial charge in [-0.05, 0) is 48.0 Å². The van der Waals surface area contributed by atoms with Crippen molar-refractivity contribution in [3.05, 3.63) is 103 Å². The number of hydrogen-bond acceptors (Lipinski definition) is 5. The topological polar surface area (TPSA) is 93.5 Å². The largest absolute Gasteiger partial charge is 0.325 e. The average Bonchev–Trinajstić information content (AvgIpc) is 2.84. The number of anilines is 2. The lowest BCUT2D eigenvalue weighted by atomic mass is 10.1. The van der Waals surface area contributed by atoms with Gasteiger partial charge in [0.15, 0.2) is 0 Å². The van der Waals surface area contributed by atoms with Gasteiger partial charge in [0.2, 0.25) is 5.91 Å². The van der Waals surface area contributed by atoms with E-state index in [2.05, 4.69) is 18.0 Å². The van der Waals surface area contributed by atoms with E-state index < -0.39 is 10.0 Å². The molecule has 7 nitrogen and oxygen atoms in total. The second-order valence-electron chi connectivity index (χ2n) is 7.65. The zero-order valence-corrected chi connectivity index (χ0v) is 19.7. The molecule has 0 spiro atoms. The van der Waals surface area contributed by atoms with Crippen LogP contribution < -0.4 is 9.62 Å². The van der Waals surface area contributed by atoms with Crippen LogP contribution in [0.5, 0.6) is 0 Å². The number of nitrogens with one attached hydrogen (secondary N) is 1. The van der Waals surface area contributed by atoms with Crippen molar-refractivity contribution in [3.8, 4) is 6.07 Å². The fourth-order valence-electron chi connectivity index (χ4n) is 3.44. The summed E-state index contributed by atoms with van der Waals surface area (Å²) in [6.07, 6.45) is 1.70. The predicted octanol–water partition coefficient (Wildman–Crippen LogP) is 4.01. The summed E-state index contributed by atoms with van der Waals surface area (Å²) in [7, 11) is -2.31. The van der Waals surface area contributed by atoms with Gasteiger partial charge in [0.25, 0.3) is 10.0 Å². The number of nitrogens with zero attached hydrogens (tertiary/aromatic N) is 3. The standard InChI is InChI=1S/C26H26N4O3S/c1-3-15-30(19-22-10-7-9-21(16-22)18-27)20-26(31)28-23-11-8-14-25(17-23)34(32,33)29(2)24-12-5-4-6-13-24/h3-14,16-17H,1,15,19-20H2,2H3,(H,28,31). The second kappa shape index (κ2) is 11.3. The fourth-order valence-corrected chi connectivity index (χ4v) is 4.68. The van der Waals surface area contributed by atoms with E-state index in [1.54, 1.807) is 60.7 Å². The molecule has 8 heteroatoms. The molecule has 0 fully saturated rings. The molecule has 3 aromatic carbocycles.